The fourth-order valence-electron chi connectivity index (χ4n) is 1.67. The molecule has 0 aliphatic heterocycles. The third kappa shape index (κ3) is 3.70. The summed E-state index contributed by atoms with van der Waals surface area (Å²) in [6, 6.07) is 10.7. The Morgan fingerprint density at radius 1 is 1.16 bits per heavy atom. The van der Waals surface area contributed by atoms with Gasteiger partial charge in [0, 0.05) is 11.0 Å². The van der Waals surface area contributed by atoms with Gasteiger partial charge in [-0.25, -0.2) is 4.39 Å². The lowest BCUT2D eigenvalue weighted by molar-refractivity contribution is 0.416. The van der Waals surface area contributed by atoms with Crippen molar-refractivity contribution < 1.29 is 9.13 Å². The number of methoxy groups -OCH3 is 1. The Hall–Kier alpha value is -1.07. The van der Waals surface area contributed by atoms with Crippen LogP contribution in [0.5, 0.6) is 5.75 Å². The van der Waals surface area contributed by atoms with Crippen LogP contribution in [0.25, 0.3) is 0 Å². The number of benzene rings is 2. The second kappa shape index (κ2) is 6.39. The summed E-state index contributed by atoms with van der Waals surface area (Å²) in [7, 11) is 1.63. The van der Waals surface area contributed by atoms with Crippen LogP contribution in [-0.2, 0) is 6.54 Å². The van der Waals surface area contributed by atoms with Crippen LogP contribution < -0.4 is 10.1 Å². The van der Waals surface area contributed by atoms with Crippen molar-refractivity contribution in [3.63, 3.8) is 0 Å². The first kappa shape index (κ1) is 14.3. The first-order valence-electron chi connectivity index (χ1n) is 5.61. The Morgan fingerprint density at radius 3 is 2.63 bits per heavy atom. The maximum Gasteiger partial charge on any atom is 0.142 e. The van der Waals surface area contributed by atoms with Crippen molar-refractivity contribution in [3.8, 4) is 5.75 Å². The fourth-order valence-corrected chi connectivity index (χ4v) is 2.45. The van der Waals surface area contributed by atoms with E-state index >= 15 is 0 Å². The van der Waals surface area contributed by atoms with Gasteiger partial charge in [-0.05, 0) is 51.8 Å². The van der Waals surface area contributed by atoms with E-state index in [9.17, 15) is 4.39 Å². The van der Waals surface area contributed by atoms with Crippen LogP contribution in [0.15, 0.2) is 45.3 Å². The van der Waals surface area contributed by atoms with Gasteiger partial charge >= 0.3 is 0 Å². The molecule has 0 aromatic heterocycles. The first-order valence-corrected chi connectivity index (χ1v) is 7.20. The molecule has 0 saturated carbocycles. The van der Waals surface area contributed by atoms with E-state index in [0.717, 1.165) is 21.5 Å². The molecule has 0 radical (unpaired) electrons. The molecule has 0 bridgehead atoms. The Labute approximate surface area is 128 Å². The summed E-state index contributed by atoms with van der Waals surface area (Å²) < 4.78 is 19.9. The highest BCUT2D eigenvalue weighted by Crippen LogP contribution is 2.28. The molecule has 1 N–H and O–H groups in total. The van der Waals surface area contributed by atoms with E-state index in [1.165, 1.54) is 6.07 Å². The summed E-state index contributed by atoms with van der Waals surface area (Å²) >= 11 is 6.60. The van der Waals surface area contributed by atoms with Crippen molar-refractivity contribution in [3.05, 3.63) is 56.7 Å². The third-order valence-electron chi connectivity index (χ3n) is 2.63. The van der Waals surface area contributed by atoms with Gasteiger partial charge in [-0.3, -0.25) is 0 Å². The summed E-state index contributed by atoms with van der Waals surface area (Å²) in [6.45, 7) is 0.589. The zero-order valence-electron chi connectivity index (χ0n) is 10.2. The highest BCUT2D eigenvalue weighted by atomic mass is 79.9. The normalized spacial score (nSPS) is 10.3. The van der Waals surface area contributed by atoms with Crippen LogP contribution in [0.3, 0.4) is 0 Å². The summed E-state index contributed by atoms with van der Waals surface area (Å²) in [4.78, 5) is 0. The first-order chi connectivity index (χ1) is 9.10. The number of ether oxygens (including phenoxy) is 1. The molecule has 19 heavy (non-hydrogen) atoms. The molecule has 2 rings (SSSR count). The molecule has 2 aromatic carbocycles. The molecule has 0 aliphatic carbocycles. The molecule has 0 aliphatic rings. The zero-order valence-corrected chi connectivity index (χ0v) is 13.4. The fraction of sp³-hybridized carbons (Fsp3) is 0.143. The van der Waals surface area contributed by atoms with Crippen LogP contribution >= 0.6 is 31.9 Å². The molecule has 5 heteroatoms. The van der Waals surface area contributed by atoms with E-state index in [4.69, 9.17) is 4.74 Å². The molecule has 0 unspecified atom stereocenters. The van der Waals surface area contributed by atoms with Gasteiger partial charge in [-0.2, -0.15) is 0 Å². The summed E-state index contributed by atoms with van der Waals surface area (Å²) in [6.07, 6.45) is 0. The molecule has 0 saturated heterocycles. The quantitative estimate of drug-likeness (QED) is 0.798. The lowest BCUT2D eigenvalue weighted by atomic mass is 10.2. The lowest BCUT2D eigenvalue weighted by Crippen LogP contribution is -2.01. The Bertz CT molecular complexity index is 590. The highest BCUT2D eigenvalue weighted by molar-refractivity contribution is 9.10. The number of halogens is 3. The topological polar surface area (TPSA) is 21.3 Å². The third-order valence-corrected chi connectivity index (χ3v) is 3.73. The van der Waals surface area contributed by atoms with E-state index in [0.29, 0.717) is 11.0 Å². The van der Waals surface area contributed by atoms with Gasteiger partial charge in [-0.1, -0.05) is 22.0 Å². The van der Waals surface area contributed by atoms with Crippen molar-refractivity contribution >= 4 is 37.5 Å². The number of nitrogens with one attached hydrogen (secondary N) is 1. The number of hydrogen-bond donors (Lipinski definition) is 1. The van der Waals surface area contributed by atoms with Gasteiger partial charge in [0.05, 0.1) is 17.3 Å². The molecule has 0 heterocycles. The molecule has 2 aromatic rings. The second-order valence-electron chi connectivity index (χ2n) is 3.95. The summed E-state index contributed by atoms with van der Waals surface area (Å²) in [5.41, 5.74) is 1.87. The number of hydrogen-bond acceptors (Lipinski definition) is 2. The SMILES string of the molecule is COc1ccc(Br)cc1NCc1ccc(F)c(Br)c1. The molecular formula is C14H12Br2FNO. The van der Waals surface area contributed by atoms with Gasteiger partial charge in [0.25, 0.3) is 0 Å². The Kier molecular flexibility index (Phi) is 4.82. The van der Waals surface area contributed by atoms with Crippen LogP contribution in [0, 0.1) is 5.82 Å². The predicted molar refractivity (Wildman–Crippen MR) is 82.1 cm³/mol. The Balaban J connectivity index is 2.13. The van der Waals surface area contributed by atoms with Crippen molar-refractivity contribution in [2.45, 2.75) is 6.54 Å². The highest BCUT2D eigenvalue weighted by Gasteiger charge is 2.05. The van der Waals surface area contributed by atoms with Gasteiger partial charge in [0.1, 0.15) is 11.6 Å². The average molecular weight is 389 g/mol. The molecular weight excluding hydrogens is 377 g/mol. The van der Waals surface area contributed by atoms with Crippen LogP contribution in [0.4, 0.5) is 10.1 Å². The minimum absolute atomic E-state index is 0.260. The van der Waals surface area contributed by atoms with Crippen molar-refractivity contribution in [1.82, 2.24) is 0 Å². The minimum Gasteiger partial charge on any atom is -0.495 e. The van der Waals surface area contributed by atoms with E-state index in [2.05, 4.69) is 37.2 Å². The van der Waals surface area contributed by atoms with Crippen LogP contribution in [-0.4, -0.2) is 7.11 Å². The standard InChI is InChI=1S/C14H12Br2FNO/c1-19-14-5-3-10(15)7-13(14)18-8-9-2-4-12(17)11(16)6-9/h2-7,18H,8H2,1H3. The van der Waals surface area contributed by atoms with Gasteiger partial charge < -0.3 is 10.1 Å². The van der Waals surface area contributed by atoms with E-state index in [1.54, 1.807) is 19.2 Å². The van der Waals surface area contributed by atoms with Crippen molar-refractivity contribution in [2.75, 3.05) is 12.4 Å². The zero-order chi connectivity index (χ0) is 13.8. The van der Waals surface area contributed by atoms with Crippen molar-refractivity contribution in [1.29, 1.82) is 0 Å². The maximum absolute atomic E-state index is 13.1. The molecule has 2 nitrogen and oxygen atoms in total. The van der Waals surface area contributed by atoms with Crippen LogP contribution in [0.2, 0.25) is 0 Å². The second-order valence-corrected chi connectivity index (χ2v) is 5.72. The van der Waals surface area contributed by atoms with E-state index < -0.39 is 0 Å². The minimum atomic E-state index is -0.260. The molecule has 100 valence electrons. The van der Waals surface area contributed by atoms with Gasteiger partial charge in [0.2, 0.25) is 0 Å². The predicted octanol–water partition coefficient (Wildman–Crippen LogP) is 4.97. The monoisotopic (exact) mass is 387 g/mol. The molecule has 0 atom stereocenters. The summed E-state index contributed by atoms with van der Waals surface area (Å²) in [5, 5.41) is 3.27. The smallest absolute Gasteiger partial charge is 0.142 e. The maximum atomic E-state index is 13.1. The largest absolute Gasteiger partial charge is 0.495 e. The van der Waals surface area contributed by atoms with Crippen molar-refractivity contribution in [2.24, 2.45) is 0 Å². The summed E-state index contributed by atoms with van der Waals surface area (Å²) in [5.74, 6) is 0.508. The van der Waals surface area contributed by atoms with E-state index in [-0.39, 0.29) is 5.82 Å². The number of rotatable bonds is 4. The molecule has 0 spiro atoms. The van der Waals surface area contributed by atoms with Gasteiger partial charge in [-0.15, -0.1) is 0 Å². The Morgan fingerprint density at radius 2 is 1.95 bits per heavy atom. The average Bonchev–Trinajstić information content (AvgIpc) is 2.40. The molecule has 0 amide bonds. The number of anilines is 1. The molecule has 0 fully saturated rings. The van der Waals surface area contributed by atoms with Crippen LogP contribution in [0.1, 0.15) is 5.56 Å². The van der Waals surface area contributed by atoms with Gasteiger partial charge in [0.15, 0.2) is 0 Å². The van der Waals surface area contributed by atoms with E-state index in [1.807, 2.05) is 18.2 Å². The lowest BCUT2D eigenvalue weighted by Gasteiger charge is -2.12.